The van der Waals surface area contributed by atoms with Crippen LogP contribution < -0.4 is 4.90 Å². The summed E-state index contributed by atoms with van der Waals surface area (Å²) in [7, 11) is 3.85. The minimum absolute atomic E-state index is 0.234. The lowest BCUT2D eigenvalue weighted by Gasteiger charge is -2.48. The normalized spacial score (nSPS) is 23.4. The van der Waals surface area contributed by atoms with Gasteiger partial charge in [0.25, 0.3) is 0 Å². The fraction of sp³-hybridized carbons (Fsp3) is 0.545. The van der Waals surface area contributed by atoms with Crippen LogP contribution in [0.15, 0.2) is 24.4 Å². The van der Waals surface area contributed by atoms with E-state index in [9.17, 15) is 0 Å². The first-order valence-corrected chi connectivity index (χ1v) is 11.4. The van der Waals surface area contributed by atoms with Crippen molar-refractivity contribution >= 4 is 17.5 Å². The fourth-order valence-electron chi connectivity index (χ4n) is 4.90. The minimum Gasteiger partial charge on any atom is -0.370 e. The van der Waals surface area contributed by atoms with Crippen LogP contribution in [0.5, 0.6) is 0 Å². The number of piperidine rings is 1. The van der Waals surface area contributed by atoms with Crippen molar-refractivity contribution in [3.05, 3.63) is 52.1 Å². The predicted molar refractivity (Wildman–Crippen MR) is 122 cm³/mol. The summed E-state index contributed by atoms with van der Waals surface area (Å²) in [6.45, 7) is 5.25. The maximum Gasteiger partial charge on any atom is 0.224 e. The molecule has 2 aliphatic heterocycles. The zero-order chi connectivity index (χ0) is 22.3. The molecule has 2 aliphatic rings. The van der Waals surface area contributed by atoms with Crippen molar-refractivity contribution in [2.45, 2.75) is 50.9 Å². The average molecular weight is 457 g/mol. The van der Waals surface area contributed by atoms with Gasteiger partial charge in [-0.25, -0.2) is 4.68 Å². The van der Waals surface area contributed by atoms with E-state index in [0.717, 1.165) is 61.4 Å². The maximum atomic E-state index is 6.41. The molecule has 1 saturated heterocycles. The van der Waals surface area contributed by atoms with Gasteiger partial charge in [-0.05, 0) is 49.4 Å². The first-order chi connectivity index (χ1) is 15.4. The third-order valence-electron chi connectivity index (χ3n) is 6.57. The van der Waals surface area contributed by atoms with Gasteiger partial charge in [0.05, 0.1) is 24.1 Å². The molecule has 10 heteroatoms. The molecule has 0 saturated carbocycles. The summed E-state index contributed by atoms with van der Waals surface area (Å²) in [6, 6.07) is 6.61. The number of nitrogens with one attached hydrogen (secondary N) is 1. The van der Waals surface area contributed by atoms with Crippen LogP contribution in [-0.4, -0.2) is 68.4 Å². The van der Waals surface area contributed by atoms with E-state index in [-0.39, 0.29) is 5.60 Å². The number of aromatic amines is 1. The SMILES string of the molecule is C[C@H]1C[C@@]2(CCN1Cc1cn(Cc3nnc(N(C)C)[nH]3)nn1)OCCc1ccc(Cl)cc12. The highest BCUT2D eigenvalue weighted by Gasteiger charge is 2.43. The number of halogens is 1. The lowest BCUT2D eigenvalue weighted by Crippen LogP contribution is -2.50. The zero-order valence-corrected chi connectivity index (χ0v) is 19.5. The summed E-state index contributed by atoms with van der Waals surface area (Å²) >= 11 is 6.33. The summed E-state index contributed by atoms with van der Waals surface area (Å²) in [5.41, 5.74) is 3.36. The topological polar surface area (TPSA) is 88.0 Å². The number of nitrogens with zero attached hydrogens (tertiary/aromatic N) is 7. The molecule has 2 aromatic heterocycles. The van der Waals surface area contributed by atoms with Crippen molar-refractivity contribution in [3.8, 4) is 0 Å². The van der Waals surface area contributed by atoms with Crippen LogP contribution in [0.25, 0.3) is 0 Å². The van der Waals surface area contributed by atoms with Crippen molar-refractivity contribution in [2.75, 3.05) is 32.1 Å². The Hall–Kier alpha value is -2.49. The molecule has 1 fully saturated rings. The second-order valence-electron chi connectivity index (χ2n) is 9.07. The van der Waals surface area contributed by atoms with Gasteiger partial charge in [-0.15, -0.1) is 15.3 Å². The number of hydrogen-bond acceptors (Lipinski definition) is 7. The number of rotatable bonds is 5. The molecule has 2 atom stereocenters. The number of H-pyrrole nitrogens is 1. The number of hydrogen-bond donors (Lipinski definition) is 1. The molecule has 1 N–H and O–H groups in total. The van der Waals surface area contributed by atoms with E-state index >= 15 is 0 Å². The van der Waals surface area contributed by atoms with Crippen LogP contribution in [0, 0.1) is 0 Å². The Balaban J connectivity index is 1.24. The third kappa shape index (κ3) is 4.12. The number of benzene rings is 1. The van der Waals surface area contributed by atoms with Gasteiger partial charge in [0.15, 0.2) is 5.82 Å². The number of likely N-dealkylation sites (tertiary alicyclic amines) is 1. The van der Waals surface area contributed by atoms with Crippen LogP contribution in [0.4, 0.5) is 5.95 Å². The number of fused-ring (bicyclic) bond motifs is 2. The predicted octanol–water partition coefficient (Wildman–Crippen LogP) is 2.62. The van der Waals surface area contributed by atoms with Crippen LogP contribution in [0.3, 0.4) is 0 Å². The number of anilines is 1. The Labute approximate surface area is 192 Å². The van der Waals surface area contributed by atoms with Crippen LogP contribution >= 0.6 is 11.6 Å². The molecule has 170 valence electrons. The highest BCUT2D eigenvalue weighted by Crippen LogP contribution is 2.44. The van der Waals surface area contributed by atoms with E-state index in [2.05, 4.69) is 49.4 Å². The molecule has 1 spiro atoms. The highest BCUT2D eigenvalue weighted by atomic mass is 35.5. The second kappa shape index (κ2) is 8.46. The Bertz CT molecular complexity index is 1100. The molecular weight excluding hydrogens is 428 g/mol. The molecule has 0 unspecified atom stereocenters. The maximum absolute atomic E-state index is 6.41. The Kier molecular flexibility index (Phi) is 5.65. The standard InChI is InChI=1S/C22H29ClN8O/c1-15-11-22(19-10-17(23)5-4-16(19)6-9-32-22)7-8-30(15)12-18-13-31(28-25-18)14-20-24-21(27-26-20)29(2)3/h4-5,10,13,15H,6-9,11-12,14H2,1-3H3,(H,24,26,27)/t15-,22+/m0/s1. The van der Waals surface area contributed by atoms with E-state index in [1.165, 1.54) is 11.1 Å². The van der Waals surface area contributed by atoms with Crippen LogP contribution in [0.2, 0.25) is 5.02 Å². The molecular formula is C22H29ClN8O. The molecule has 3 aromatic rings. The van der Waals surface area contributed by atoms with Gasteiger partial charge in [0, 0.05) is 38.2 Å². The van der Waals surface area contributed by atoms with Gasteiger partial charge in [0.1, 0.15) is 6.54 Å². The number of aromatic nitrogens is 6. The Morgan fingerprint density at radius 1 is 1.25 bits per heavy atom. The molecule has 9 nitrogen and oxygen atoms in total. The monoisotopic (exact) mass is 456 g/mol. The molecule has 0 aliphatic carbocycles. The summed E-state index contributed by atoms with van der Waals surface area (Å²) < 4.78 is 8.21. The number of ether oxygens (including phenoxy) is 1. The summed E-state index contributed by atoms with van der Waals surface area (Å²) in [6.07, 6.45) is 4.84. The van der Waals surface area contributed by atoms with Gasteiger partial charge < -0.3 is 14.6 Å². The molecule has 32 heavy (non-hydrogen) atoms. The van der Waals surface area contributed by atoms with E-state index in [1.807, 2.05) is 31.3 Å². The lowest BCUT2D eigenvalue weighted by molar-refractivity contribution is -0.113. The van der Waals surface area contributed by atoms with E-state index in [0.29, 0.717) is 12.6 Å². The fourth-order valence-corrected chi connectivity index (χ4v) is 5.07. The summed E-state index contributed by atoms with van der Waals surface area (Å²) in [4.78, 5) is 7.53. The van der Waals surface area contributed by atoms with Crippen molar-refractivity contribution in [3.63, 3.8) is 0 Å². The van der Waals surface area contributed by atoms with Gasteiger partial charge in [0.2, 0.25) is 5.95 Å². The molecule has 0 radical (unpaired) electrons. The first-order valence-electron chi connectivity index (χ1n) is 11.1. The first kappa shape index (κ1) is 21.4. The zero-order valence-electron chi connectivity index (χ0n) is 18.8. The lowest BCUT2D eigenvalue weighted by atomic mass is 9.77. The van der Waals surface area contributed by atoms with E-state index < -0.39 is 0 Å². The Morgan fingerprint density at radius 3 is 2.91 bits per heavy atom. The average Bonchev–Trinajstić information content (AvgIpc) is 3.41. The minimum atomic E-state index is -0.234. The smallest absolute Gasteiger partial charge is 0.224 e. The molecule has 0 bridgehead atoms. The van der Waals surface area contributed by atoms with Crippen molar-refractivity contribution in [2.24, 2.45) is 0 Å². The van der Waals surface area contributed by atoms with E-state index in [4.69, 9.17) is 16.3 Å². The van der Waals surface area contributed by atoms with Gasteiger partial charge in [-0.3, -0.25) is 4.90 Å². The largest absolute Gasteiger partial charge is 0.370 e. The molecule has 5 rings (SSSR count). The van der Waals surface area contributed by atoms with Crippen molar-refractivity contribution < 1.29 is 4.74 Å². The third-order valence-corrected chi connectivity index (χ3v) is 6.81. The quantitative estimate of drug-likeness (QED) is 0.631. The van der Waals surface area contributed by atoms with Crippen molar-refractivity contribution in [1.82, 2.24) is 35.1 Å². The van der Waals surface area contributed by atoms with E-state index in [1.54, 1.807) is 4.68 Å². The van der Waals surface area contributed by atoms with Gasteiger partial charge in [-0.2, -0.15) is 0 Å². The molecule has 1 aromatic carbocycles. The van der Waals surface area contributed by atoms with Crippen LogP contribution in [0.1, 0.15) is 42.4 Å². The summed E-state index contributed by atoms with van der Waals surface area (Å²) in [5, 5.41) is 17.7. The molecule has 0 amide bonds. The van der Waals surface area contributed by atoms with Gasteiger partial charge >= 0.3 is 0 Å². The Morgan fingerprint density at radius 2 is 2.12 bits per heavy atom. The van der Waals surface area contributed by atoms with Crippen LogP contribution in [-0.2, 0) is 29.8 Å². The second-order valence-corrected chi connectivity index (χ2v) is 9.50. The summed E-state index contributed by atoms with van der Waals surface area (Å²) in [5.74, 6) is 1.48. The van der Waals surface area contributed by atoms with Gasteiger partial charge in [-0.1, -0.05) is 22.9 Å². The highest BCUT2D eigenvalue weighted by molar-refractivity contribution is 6.30. The molecule has 4 heterocycles. The van der Waals surface area contributed by atoms with Crippen molar-refractivity contribution in [1.29, 1.82) is 0 Å².